The third-order valence-corrected chi connectivity index (χ3v) is 6.40. The summed E-state index contributed by atoms with van der Waals surface area (Å²) in [6.45, 7) is 0.187. The summed E-state index contributed by atoms with van der Waals surface area (Å²) in [6, 6.07) is 3.98. The van der Waals surface area contributed by atoms with Crippen LogP contribution >= 0.6 is 11.8 Å². The van der Waals surface area contributed by atoms with Gasteiger partial charge in [-0.3, -0.25) is 0 Å². The molecule has 1 atom stereocenters. The molecule has 0 saturated carbocycles. The maximum atomic E-state index is 13.9. The van der Waals surface area contributed by atoms with E-state index in [1.54, 1.807) is 17.8 Å². The highest BCUT2D eigenvalue weighted by Crippen LogP contribution is 2.27. The maximum Gasteiger partial charge on any atom is 0.246 e. The van der Waals surface area contributed by atoms with E-state index in [-0.39, 0.29) is 17.5 Å². The summed E-state index contributed by atoms with van der Waals surface area (Å²) in [4.78, 5) is -0.274. The Morgan fingerprint density at radius 1 is 1.53 bits per heavy atom. The molecular formula is C12H17FN2O2S2. The smallest absolute Gasteiger partial charge is 0.246 e. The second-order valence-corrected chi connectivity index (χ2v) is 7.62. The van der Waals surface area contributed by atoms with Gasteiger partial charge in [0.25, 0.3) is 0 Å². The Hall–Kier alpha value is -0.630. The lowest BCUT2D eigenvalue weighted by Gasteiger charge is -2.23. The van der Waals surface area contributed by atoms with Crippen molar-refractivity contribution >= 4 is 21.8 Å². The van der Waals surface area contributed by atoms with Crippen molar-refractivity contribution in [1.82, 2.24) is 4.31 Å². The quantitative estimate of drug-likeness (QED) is 0.913. The summed E-state index contributed by atoms with van der Waals surface area (Å²) in [6.07, 6.45) is 0.808. The molecule has 0 amide bonds. The molecule has 0 spiro atoms. The van der Waals surface area contributed by atoms with E-state index in [9.17, 15) is 12.8 Å². The average Bonchev–Trinajstić information content (AvgIpc) is 2.90. The molecule has 19 heavy (non-hydrogen) atoms. The minimum atomic E-state index is -3.77. The number of rotatable bonds is 4. The van der Waals surface area contributed by atoms with Crippen LogP contribution in [0.2, 0.25) is 0 Å². The van der Waals surface area contributed by atoms with Gasteiger partial charge in [0.15, 0.2) is 0 Å². The van der Waals surface area contributed by atoms with E-state index in [0.717, 1.165) is 17.9 Å². The zero-order valence-corrected chi connectivity index (χ0v) is 12.3. The summed E-state index contributed by atoms with van der Waals surface area (Å²) >= 11 is 1.72. The molecule has 2 N–H and O–H groups in total. The van der Waals surface area contributed by atoms with E-state index in [2.05, 4.69) is 0 Å². The summed E-state index contributed by atoms with van der Waals surface area (Å²) in [5.41, 5.74) is 5.99. The molecule has 1 aromatic rings. The van der Waals surface area contributed by atoms with Gasteiger partial charge in [0.2, 0.25) is 10.0 Å². The summed E-state index contributed by atoms with van der Waals surface area (Å²) in [7, 11) is -2.26. The van der Waals surface area contributed by atoms with Gasteiger partial charge in [0.1, 0.15) is 10.7 Å². The minimum absolute atomic E-state index is 0.0522. The van der Waals surface area contributed by atoms with Crippen LogP contribution in [0.1, 0.15) is 12.0 Å². The van der Waals surface area contributed by atoms with Crippen LogP contribution < -0.4 is 5.73 Å². The third kappa shape index (κ3) is 2.94. The number of hydrogen-bond acceptors (Lipinski definition) is 4. The molecule has 1 fully saturated rings. The van der Waals surface area contributed by atoms with Gasteiger partial charge in [-0.15, -0.1) is 0 Å². The van der Waals surface area contributed by atoms with Crippen molar-refractivity contribution in [2.24, 2.45) is 5.73 Å². The Morgan fingerprint density at radius 3 is 2.79 bits per heavy atom. The second-order valence-electron chi connectivity index (χ2n) is 4.51. The van der Waals surface area contributed by atoms with Gasteiger partial charge < -0.3 is 5.73 Å². The molecule has 0 aromatic heterocycles. The van der Waals surface area contributed by atoms with Crippen LogP contribution in [-0.2, 0) is 16.6 Å². The number of nitrogens with zero attached hydrogens (tertiary/aromatic N) is 1. The molecular weight excluding hydrogens is 287 g/mol. The summed E-state index contributed by atoms with van der Waals surface area (Å²) in [5.74, 6) is 0.970. The number of halogens is 1. The molecule has 1 aliphatic heterocycles. The monoisotopic (exact) mass is 304 g/mol. The summed E-state index contributed by atoms with van der Waals surface area (Å²) < 4.78 is 40.0. The predicted octanol–water partition coefficient (Wildman–Crippen LogP) is 1.41. The fourth-order valence-corrected chi connectivity index (χ4v) is 4.83. The SMILES string of the molecule is CN(C1CCSC1)S(=O)(=O)c1ccc(CN)cc1F. The van der Waals surface area contributed by atoms with Crippen molar-refractivity contribution < 1.29 is 12.8 Å². The molecule has 7 heteroatoms. The van der Waals surface area contributed by atoms with Crippen LogP contribution in [0.4, 0.5) is 4.39 Å². The second kappa shape index (κ2) is 5.78. The van der Waals surface area contributed by atoms with E-state index in [1.807, 2.05) is 0 Å². The van der Waals surface area contributed by atoms with Crippen molar-refractivity contribution in [2.45, 2.75) is 23.9 Å². The van der Waals surface area contributed by atoms with Gasteiger partial charge in [0, 0.05) is 25.4 Å². The highest BCUT2D eigenvalue weighted by Gasteiger charge is 2.32. The first kappa shape index (κ1) is 14.8. The Balaban J connectivity index is 2.33. The normalized spacial score (nSPS) is 20.1. The largest absolute Gasteiger partial charge is 0.326 e. The molecule has 4 nitrogen and oxygen atoms in total. The predicted molar refractivity (Wildman–Crippen MR) is 75.0 cm³/mol. The fourth-order valence-electron chi connectivity index (χ4n) is 2.04. The lowest BCUT2D eigenvalue weighted by atomic mass is 10.2. The van der Waals surface area contributed by atoms with E-state index in [4.69, 9.17) is 5.73 Å². The van der Waals surface area contributed by atoms with Gasteiger partial charge in [-0.25, -0.2) is 12.8 Å². The molecule has 0 aliphatic carbocycles. The van der Waals surface area contributed by atoms with Crippen LogP contribution in [0, 0.1) is 5.82 Å². The van der Waals surface area contributed by atoms with E-state index < -0.39 is 15.8 Å². The van der Waals surface area contributed by atoms with Crippen LogP contribution in [0.3, 0.4) is 0 Å². The van der Waals surface area contributed by atoms with Crippen molar-refractivity contribution in [3.63, 3.8) is 0 Å². The lowest BCUT2D eigenvalue weighted by Crippen LogP contribution is -2.37. The molecule has 0 radical (unpaired) electrons. The Morgan fingerprint density at radius 2 is 2.26 bits per heavy atom. The van der Waals surface area contributed by atoms with Crippen molar-refractivity contribution in [3.05, 3.63) is 29.6 Å². The average molecular weight is 304 g/mol. The Kier molecular flexibility index (Phi) is 4.50. The molecule has 1 unspecified atom stereocenters. The van der Waals surface area contributed by atoms with Crippen LogP contribution in [0.5, 0.6) is 0 Å². The van der Waals surface area contributed by atoms with E-state index in [0.29, 0.717) is 5.56 Å². The molecule has 1 heterocycles. The van der Waals surface area contributed by atoms with Crippen molar-refractivity contribution in [2.75, 3.05) is 18.6 Å². The number of benzene rings is 1. The fraction of sp³-hybridized carbons (Fsp3) is 0.500. The summed E-state index contributed by atoms with van der Waals surface area (Å²) in [5, 5.41) is 0. The highest BCUT2D eigenvalue weighted by molar-refractivity contribution is 7.99. The zero-order chi connectivity index (χ0) is 14.0. The molecule has 1 aliphatic rings. The molecule has 1 aromatic carbocycles. The Bertz CT molecular complexity index is 557. The highest BCUT2D eigenvalue weighted by atomic mass is 32.2. The topological polar surface area (TPSA) is 63.4 Å². The van der Waals surface area contributed by atoms with E-state index in [1.165, 1.54) is 23.5 Å². The van der Waals surface area contributed by atoms with Gasteiger partial charge >= 0.3 is 0 Å². The Labute approximate surface area is 117 Å². The number of nitrogens with two attached hydrogens (primary N) is 1. The van der Waals surface area contributed by atoms with E-state index >= 15 is 0 Å². The first-order valence-corrected chi connectivity index (χ1v) is 8.60. The van der Waals surface area contributed by atoms with Gasteiger partial charge in [-0.05, 0) is 29.9 Å². The van der Waals surface area contributed by atoms with Crippen molar-refractivity contribution in [1.29, 1.82) is 0 Å². The first-order chi connectivity index (χ1) is 8.96. The number of thioether (sulfide) groups is 1. The van der Waals surface area contributed by atoms with Crippen LogP contribution in [-0.4, -0.2) is 37.3 Å². The van der Waals surface area contributed by atoms with Gasteiger partial charge in [0.05, 0.1) is 0 Å². The third-order valence-electron chi connectivity index (χ3n) is 3.31. The van der Waals surface area contributed by atoms with Crippen LogP contribution in [0.25, 0.3) is 0 Å². The standard InChI is InChI=1S/C12H17FN2O2S2/c1-15(10-4-5-18-8-10)19(16,17)12-3-2-9(7-14)6-11(12)13/h2-3,6,10H,4-5,7-8,14H2,1H3. The molecule has 2 rings (SSSR count). The van der Waals surface area contributed by atoms with Crippen LogP contribution in [0.15, 0.2) is 23.1 Å². The molecule has 1 saturated heterocycles. The zero-order valence-electron chi connectivity index (χ0n) is 10.7. The van der Waals surface area contributed by atoms with Gasteiger partial charge in [-0.1, -0.05) is 6.07 Å². The first-order valence-electron chi connectivity index (χ1n) is 6.01. The molecule has 106 valence electrons. The number of sulfonamides is 1. The molecule has 0 bridgehead atoms. The lowest BCUT2D eigenvalue weighted by molar-refractivity contribution is 0.391. The maximum absolute atomic E-state index is 13.9. The van der Waals surface area contributed by atoms with Crippen molar-refractivity contribution in [3.8, 4) is 0 Å². The minimum Gasteiger partial charge on any atom is -0.326 e. The van der Waals surface area contributed by atoms with Gasteiger partial charge in [-0.2, -0.15) is 16.1 Å². The number of hydrogen-bond donors (Lipinski definition) is 1.